The number of aliphatic carboxylic acids is 1. The van der Waals surface area contributed by atoms with Crippen molar-refractivity contribution in [2.45, 2.75) is 84.0 Å². The van der Waals surface area contributed by atoms with Gasteiger partial charge in [-0.1, -0.05) is 69.4 Å². The summed E-state index contributed by atoms with van der Waals surface area (Å²) >= 11 is 1.56. The molecule has 2 aromatic carbocycles. The number of carboxylic acids is 1. The van der Waals surface area contributed by atoms with Gasteiger partial charge in [-0.25, -0.2) is 4.79 Å². The molecule has 214 valence electrons. The van der Waals surface area contributed by atoms with E-state index in [0.29, 0.717) is 36.9 Å². The van der Waals surface area contributed by atoms with Gasteiger partial charge < -0.3 is 19.9 Å². The molecule has 1 aliphatic carbocycles. The van der Waals surface area contributed by atoms with E-state index in [0.717, 1.165) is 41.7 Å². The van der Waals surface area contributed by atoms with Crippen LogP contribution in [0.1, 0.15) is 79.8 Å². The van der Waals surface area contributed by atoms with Gasteiger partial charge in [-0.15, -0.1) is 0 Å². The minimum absolute atomic E-state index is 0.0392. The van der Waals surface area contributed by atoms with Crippen molar-refractivity contribution in [2.75, 3.05) is 25.2 Å². The van der Waals surface area contributed by atoms with E-state index >= 15 is 0 Å². The first kappa shape index (κ1) is 31.2. The fourth-order valence-electron chi connectivity index (χ4n) is 5.26. The fourth-order valence-corrected chi connectivity index (χ4v) is 5.73. The minimum Gasteiger partial charge on any atom is -0.480 e. The molecule has 39 heavy (non-hydrogen) atoms. The number of thioether (sulfide) groups is 1. The van der Waals surface area contributed by atoms with Crippen LogP contribution in [0.4, 0.5) is 0 Å². The Morgan fingerprint density at radius 1 is 1.10 bits per heavy atom. The summed E-state index contributed by atoms with van der Waals surface area (Å²) in [5.74, 6) is -0.0512. The van der Waals surface area contributed by atoms with Gasteiger partial charge in [-0.3, -0.25) is 4.79 Å². The summed E-state index contributed by atoms with van der Waals surface area (Å²) in [6, 6.07) is 12.7. The van der Waals surface area contributed by atoms with Gasteiger partial charge >= 0.3 is 5.97 Å². The largest absolute Gasteiger partial charge is 0.480 e. The van der Waals surface area contributed by atoms with E-state index in [2.05, 4.69) is 12.2 Å². The van der Waals surface area contributed by atoms with Crippen LogP contribution in [0.2, 0.25) is 0 Å². The van der Waals surface area contributed by atoms with Gasteiger partial charge in [0.2, 0.25) is 0 Å². The van der Waals surface area contributed by atoms with Crippen LogP contribution in [0.25, 0.3) is 11.1 Å². The molecule has 2 N–H and O–H groups in total. The maximum absolute atomic E-state index is 13.3. The third-order valence-corrected chi connectivity index (χ3v) is 8.08. The van der Waals surface area contributed by atoms with Crippen LogP contribution in [-0.2, 0) is 20.9 Å². The lowest BCUT2D eigenvalue weighted by Gasteiger charge is -2.27. The predicted octanol–water partition coefficient (Wildman–Crippen LogP) is 6.88. The smallest absolute Gasteiger partial charge is 0.326 e. The molecule has 0 aliphatic heterocycles. The van der Waals surface area contributed by atoms with Gasteiger partial charge in [0.15, 0.2) is 0 Å². The predicted molar refractivity (Wildman–Crippen MR) is 159 cm³/mol. The Balaban J connectivity index is 1.81. The number of benzene rings is 2. The zero-order valence-corrected chi connectivity index (χ0v) is 24.6. The molecular formula is C32H45NO5S. The first-order valence-corrected chi connectivity index (χ1v) is 15.7. The van der Waals surface area contributed by atoms with E-state index in [1.165, 1.54) is 32.1 Å². The van der Waals surface area contributed by atoms with Gasteiger partial charge in [-0.2, -0.15) is 11.8 Å². The summed E-state index contributed by atoms with van der Waals surface area (Å²) in [5.41, 5.74) is 4.22. The van der Waals surface area contributed by atoms with E-state index < -0.39 is 12.0 Å². The standard InChI is InChI=1S/C32H45NO5S/c1-4-17-37-22-26(19-24-11-6-5-7-12-24)38-21-25-14-15-28(29(20-25)27-13-9-8-10-23(27)2)31(34)33-30(32(35)36)16-18-39-3/h8-10,13-15,20,24,26,30H,4-7,11-12,16-19,21-22H2,1-3H3,(H,33,34)(H,35,36). The number of carbonyl (C=O) groups is 2. The highest BCUT2D eigenvalue weighted by Crippen LogP contribution is 2.30. The van der Waals surface area contributed by atoms with E-state index in [4.69, 9.17) is 9.47 Å². The number of hydrogen-bond acceptors (Lipinski definition) is 5. The molecule has 0 heterocycles. The van der Waals surface area contributed by atoms with Crippen molar-refractivity contribution in [1.29, 1.82) is 0 Å². The highest BCUT2D eigenvalue weighted by atomic mass is 32.2. The van der Waals surface area contributed by atoms with Crippen LogP contribution in [0.3, 0.4) is 0 Å². The number of aryl methyl sites for hydroxylation is 1. The highest BCUT2D eigenvalue weighted by Gasteiger charge is 2.24. The third-order valence-electron chi connectivity index (χ3n) is 7.44. The summed E-state index contributed by atoms with van der Waals surface area (Å²) in [4.78, 5) is 25.1. The van der Waals surface area contributed by atoms with Crippen LogP contribution in [-0.4, -0.2) is 54.4 Å². The number of amides is 1. The summed E-state index contributed by atoms with van der Waals surface area (Å²) in [6.45, 7) is 5.90. The summed E-state index contributed by atoms with van der Waals surface area (Å²) in [7, 11) is 0. The van der Waals surface area contributed by atoms with Crippen molar-refractivity contribution in [3.63, 3.8) is 0 Å². The zero-order chi connectivity index (χ0) is 28.0. The van der Waals surface area contributed by atoms with Crippen molar-refractivity contribution in [2.24, 2.45) is 5.92 Å². The molecule has 0 radical (unpaired) electrons. The van der Waals surface area contributed by atoms with Gasteiger partial charge in [0.25, 0.3) is 5.91 Å². The van der Waals surface area contributed by atoms with Gasteiger partial charge in [-0.05, 0) is 78.5 Å². The Bertz CT molecular complexity index is 1050. The molecule has 7 heteroatoms. The van der Waals surface area contributed by atoms with Crippen molar-refractivity contribution in [1.82, 2.24) is 5.32 Å². The summed E-state index contributed by atoms with van der Waals surface area (Å²) < 4.78 is 12.3. The minimum atomic E-state index is -1.02. The first-order valence-electron chi connectivity index (χ1n) is 14.3. The number of ether oxygens (including phenoxy) is 2. The van der Waals surface area contributed by atoms with E-state index in [9.17, 15) is 14.7 Å². The third kappa shape index (κ3) is 9.96. The Kier molecular flexibility index (Phi) is 13.3. The molecule has 6 nitrogen and oxygen atoms in total. The van der Waals surface area contributed by atoms with Crippen molar-refractivity contribution in [3.8, 4) is 11.1 Å². The first-order chi connectivity index (χ1) is 18.9. The Morgan fingerprint density at radius 3 is 2.56 bits per heavy atom. The van der Waals surface area contributed by atoms with Crippen molar-refractivity contribution in [3.05, 3.63) is 59.2 Å². The Hall–Kier alpha value is -2.35. The number of carboxylic acid groups (broad SMARTS) is 1. The fraction of sp³-hybridized carbons (Fsp3) is 0.562. The van der Waals surface area contributed by atoms with E-state index in [1.807, 2.05) is 49.6 Å². The normalized spacial score (nSPS) is 15.6. The molecule has 1 amide bonds. The SMILES string of the molecule is CCCOCC(CC1CCCCC1)OCc1ccc(C(=O)NC(CCSC)C(=O)O)c(-c2ccccc2C)c1. The molecule has 1 aliphatic rings. The number of nitrogens with one attached hydrogen (secondary N) is 1. The van der Waals surface area contributed by atoms with Crippen LogP contribution >= 0.6 is 11.8 Å². The molecule has 1 saturated carbocycles. The molecule has 0 saturated heterocycles. The van der Waals surface area contributed by atoms with Crippen LogP contribution in [0, 0.1) is 12.8 Å². The second-order valence-electron chi connectivity index (χ2n) is 10.6. The lowest BCUT2D eigenvalue weighted by atomic mass is 9.85. The van der Waals surface area contributed by atoms with Gasteiger partial charge in [0.05, 0.1) is 19.3 Å². The number of carbonyl (C=O) groups excluding carboxylic acids is 1. The lowest BCUT2D eigenvalue weighted by Crippen LogP contribution is -2.41. The Morgan fingerprint density at radius 2 is 1.87 bits per heavy atom. The van der Waals surface area contributed by atoms with E-state index in [1.54, 1.807) is 17.8 Å². The summed E-state index contributed by atoms with van der Waals surface area (Å²) in [6.07, 6.45) is 10.8. The average Bonchev–Trinajstić information content (AvgIpc) is 2.94. The average molecular weight is 556 g/mol. The van der Waals surface area contributed by atoms with Crippen LogP contribution in [0.5, 0.6) is 0 Å². The molecule has 1 fully saturated rings. The quantitative estimate of drug-likeness (QED) is 0.220. The topological polar surface area (TPSA) is 84.9 Å². The molecule has 2 unspecified atom stereocenters. The maximum Gasteiger partial charge on any atom is 0.326 e. The number of rotatable bonds is 16. The molecule has 2 atom stereocenters. The molecular weight excluding hydrogens is 510 g/mol. The zero-order valence-electron chi connectivity index (χ0n) is 23.7. The van der Waals surface area contributed by atoms with Crippen molar-refractivity contribution >= 4 is 23.6 Å². The molecule has 0 bridgehead atoms. The molecule has 0 spiro atoms. The van der Waals surface area contributed by atoms with Gasteiger partial charge in [0, 0.05) is 12.2 Å². The summed E-state index contributed by atoms with van der Waals surface area (Å²) in [5, 5.41) is 12.4. The lowest BCUT2D eigenvalue weighted by molar-refractivity contribution is -0.139. The van der Waals surface area contributed by atoms with Gasteiger partial charge in [0.1, 0.15) is 6.04 Å². The monoisotopic (exact) mass is 555 g/mol. The maximum atomic E-state index is 13.3. The number of hydrogen-bond donors (Lipinski definition) is 2. The molecule has 2 aromatic rings. The Labute approximate surface area is 238 Å². The molecule has 3 rings (SSSR count). The highest BCUT2D eigenvalue weighted by molar-refractivity contribution is 7.98. The van der Waals surface area contributed by atoms with Crippen LogP contribution < -0.4 is 5.32 Å². The second kappa shape index (κ2) is 16.7. The second-order valence-corrected chi connectivity index (χ2v) is 11.6. The van der Waals surface area contributed by atoms with Crippen LogP contribution in [0.15, 0.2) is 42.5 Å². The molecule has 0 aromatic heterocycles. The van der Waals surface area contributed by atoms with Crippen molar-refractivity contribution < 1.29 is 24.2 Å². The van der Waals surface area contributed by atoms with E-state index in [-0.39, 0.29) is 12.0 Å².